The van der Waals surface area contributed by atoms with E-state index < -0.39 is 0 Å². The van der Waals surface area contributed by atoms with Crippen molar-refractivity contribution in [2.45, 2.75) is 25.4 Å². The van der Waals surface area contributed by atoms with Gasteiger partial charge in [0.1, 0.15) is 5.82 Å². The summed E-state index contributed by atoms with van der Waals surface area (Å²) in [5.74, 6) is 2.27. The van der Waals surface area contributed by atoms with Gasteiger partial charge in [-0.25, -0.2) is 4.98 Å². The number of nitrogens with zero attached hydrogens (tertiary/aromatic N) is 5. The molecule has 3 aromatic rings. The molecule has 1 atom stereocenters. The Bertz CT molecular complexity index is 922. The zero-order valence-corrected chi connectivity index (χ0v) is 16.4. The SMILES string of the molecule is c1ccc(CN2CCCC2c2nc(-c3ccc(N4CCOCC4)nc3)no2)cc1. The van der Waals surface area contributed by atoms with Crippen LogP contribution in [-0.2, 0) is 11.3 Å². The van der Waals surface area contributed by atoms with Gasteiger partial charge >= 0.3 is 0 Å². The van der Waals surface area contributed by atoms with Gasteiger partial charge in [-0.05, 0) is 37.1 Å². The van der Waals surface area contributed by atoms with Crippen molar-refractivity contribution in [3.05, 3.63) is 60.1 Å². The van der Waals surface area contributed by atoms with Gasteiger partial charge in [-0.3, -0.25) is 4.90 Å². The normalized spacial score (nSPS) is 20.3. The Morgan fingerprint density at radius 2 is 1.86 bits per heavy atom. The highest BCUT2D eigenvalue weighted by Gasteiger charge is 2.30. The minimum atomic E-state index is 0.178. The molecule has 2 aliphatic heterocycles. The van der Waals surface area contributed by atoms with Gasteiger partial charge in [-0.1, -0.05) is 35.5 Å². The van der Waals surface area contributed by atoms with Crippen molar-refractivity contribution >= 4 is 5.82 Å². The number of benzene rings is 1. The predicted octanol–water partition coefficient (Wildman–Crippen LogP) is 3.31. The number of hydrogen-bond donors (Lipinski definition) is 0. The lowest BCUT2D eigenvalue weighted by Gasteiger charge is -2.27. The summed E-state index contributed by atoms with van der Waals surface area (Å²) in [5.41, 5.74) is 2.19. The minimum absolute atomic E-state index is 0.178. The summed E-state index contributed by atoms with van der Waals surface area (Å²) in [5, 5.41) is 4.23. The number of aromatic nitrogens is 3. The van der Waals surface area contributed by atoms with Crippen LogP contribution in [0.25, 0.3) is 11.4 Å². The van der Waals surface area contributed by atoms with Crippen molar-refractivity contribution in [2.24, 2.45) is 0 Å². The van der Waals surface area contributed by atoms with Crippen LogP contribution < -0.4 is 4.90 Å². The standard InChI is InChI=1S/C22H25N5O2/c1-2-5-17(6-3-1)16-27-10-4-7-19(27)22-24-21(25-29-22)18-8-9-20(23-15-18)26-11-13-28-14-12-26/h1-3,5-6,8-9,15,19H,4,7,10-14,16H2. The fraction of sp³-hybridized carbons (Fsp3) is 0.409. The van der Waals surface area contributed by atoms with Crippen LogP contribution in [0.3, 0.4) is 0 Å². The highest BCUT2D eigenvalue weighted by atomic mass is 16.5. The lowest BCUT2D eigenvalue weighted by Crippen LogP contribution is -2.36. The third-order valence-corrected chi connectivity index (χ3v) is 5.66. The van der Waals surface area contributed by atoms with E-state index in [4.69, 9.17) is 14.2 Å². The predicted molar refractivity (Wildman–Crippen MR) is 109 cm³/mol. The number of likely N-dealkylation sites (tertiary alicyclic amines) is 1. The molecule has 2 aliphatic rings. The van der Waals surface area contributed by atoms with Crippen molar-refractivity contribution in [1.29, 1.82) is 0 Å². The van der Waals surface area contributed by atoms with Crippen LogP contribution in [-0.4, -0.2) is 52.9 Å². The van der Waals surface area contributed by atoms with Crippen molar-refractivity contribution in [3.63, 3.8) is 0 Å². The smallest absolute Gasteiger partial charge is 0.244 e. The van der Waals surface area contributed by atoms with E-state index >= 15 is 0 Å². The molecular formula is C22H25N5O2. The quantitative estimate of drug-likeness (QED) is 0.661. The number of hydrogen-bond acceptors (Lipinski definition) is 7. The Balaban J connectivity index is 1.29. The molecule has 150 valence electrons. The summed E-state index contributed by atoms with van der Waals surface area (Å²) in [4.78, 5) is 14.0. The Kier molecular flexibility index (Phi) is 5.23. The number of pyridine rings is 1. The molecule has 0 spiro atoms. The molecular weight excluding hydrogens is 366 g/mol. The van der Waals surface area contributed by atoms with Gasteiger partial charge in [0.2, 0.25) is 11.7 Å². The average Bonchev–Trinajstić information content (AvgIpc) is 3.45. The Morgan fingerprint density at radius 1 is 1.00 bits per heavy atom. The van der Waals surface area contributed by atoms with E-state index in [0.29, 0.717) is 11.7 Å². The van der Waals surface area contributed by atoms with Gasteiger partial charge in [-0.2, -0.15) is 4.98 Å². The summed E-state index contributed by atoms with van der Waals surface area (Å²) in [6, 6.07) is 14.8. The fourth-order valence-electron chi connectivity index (χ4n) is 4.10. The fourth-order valence-corrected chi connectivity index (χ4v) is 4.10. The summed E-state index contributed by atoms with van der Waals surface area (Å²) in [6.45, 7) is 5.19. The van der Waals surface area contributed by atoms with Crippen LogP contribution >= 0.6 is 0 Å². The summed E-state index contributed by atoms with van der Waals surface area (Å²) in [7, 11) is 0. The van der Waals surface area contributed by atoms with Gasteiger partial charge < -0.3 is 14.2 Å². The van der Waals surface area contributed by atoms with Gasteiger partial charge in [0.25, 0.3) is 0 Å². The molecule has 29 heavy (non-hydrogen) atoms. The molecule has 0 radical (unpaired) electrons. The number of ether oxygens (including phenoxy) is 1. The molecule has 0 aliphatic carbocycles. The molecule has 0 saturated carbocycles. The molecule has 0 bridgehead atoms. The highest BCUT2D eigenvalue weighted by Crippen LogP contribution is 2.33. The summed E-state index contributed by atoms with van der Waals surface area (Å²) < 4.78 is 11.1. The van der Waals surface area contributed by atoms with Crippen LogP contribution in [0.5, 0.6) is 0 Å². The summed E-state index contributed by atoms with van der Waals surface area (Å²) in [6.07, 6.45) is 4.02. The zero-order valence-electron chi connectivity index (χ0n) is 16.4. The van der Waals surface area contributed by atoms with Crippen LogP contribution in [0, 0.1) is 0 Å². The number of rotatable bonds is 5. The zero-order chi connectivity index (χ0) is 19.5. The van der Waals surface area contributed by atoms with Gasteiger partial charge in [0.15, 0.2) is 0 Å². The van der Waals surface area contributed by atoms with Crippen LogP contribution in [0.1, 0.15) is 30.3 Å². The van der Waals surface area contributed by atoms with Gasteiger partial charge in [0, 0.05) is 31.4 Å². The van der Waals surface area contributed by atoms with E-state index in [2.05, 4.69) is 44.2 Å². The maximum Gasteiger partial charge on any atom is 0.244 e. The summed E-state index contributed by atoms with van der Waals surface area (Å²) >= 11 is 0. The molecule has 4 heterocycles. The molecule has 2 saturated heterocycles. The molecule has 7 heteroatoms. The van der Waals surface area contributed by atoms with Crippen LogP contribution in [0.4, 0.5) is 5.82 Å². The molecule has 7 nitrogen and oxygen atoms in total. The molecule has 2 aromatic heterocycles. The second-order valence-corrected chi connectivity index (χ2v) is 7.57. The van der Waals surface area contributed by atoms with Gasteiger partial charge in [0.05, 0.1) is 19.3 Å². The molecule has 0 N–H and O–H groups in total. The maximum atomic E-state index is 5.66. The van der Waals surface area contributed by atoms with E-state index in [-0.39, 0.29) is 6.04 Å². The monoisotopic (exact) mass is 391 g/mol. The lowest BCUT2D eigenvalue weighted by atomic mass is 10.2. The molecule has 0 amide bonds. The van der Waals surface area contributed by atoms with Crippen molar-refractivity contribution in [1.82, 2.24) is 20.0 Å². The Morgan fingerprint density at radius 3 is 2.66 bits per heavy atom. The lowest BCUT2D eigenvalue weighted by molar-refractivity contribution is 0.122. The van der Waals surface area contributed by atoms with E-state index in [1.165, 1.54) is 5.56 Å². The molecule has 5 rings (SSSR count). The first kappa shape index (κ1) is 18.3. The maximum absolute atomic E-state index is 5.66. The molecule has 2 fully saturated rings. The van der Waals surface area contributed by atoms with Gasteiger partial charge in [-0.15, -0.1) is 0 Å². The third-order valence-electron chi connectivity index (χ3n) is 5.66. The second kappa shape index (κ2) is 8.31. The van der Waals surface area contributed by atoms with Crippen LogP contribution in [0.2, 0.25) is 0 Å². The van der Waals surface area contributed by atoms with Crippen molar-refractivity contribution in [3.8, 4) is 11.4 Å². The minimum Gasteiger partial charge on any atom is -0.378 e. The van der Waals surface area contributed by atoms with Crippen LogP contribution in [0.15, 0.2) is 53.2 Å². The molecule has 1 aromatic carbocycles. The Hall–Kier alpha value is -2.77. The molecule has 1 unspecified atom stereocenters. The second-order valence-electron chi connectivity index (χ2n) is 7.57. The number of morpholine rings is 1. The van der Waals surface area contributed by atoms with Crippen molar-refractivity contribution < 1.29 is 9.26 Å². The van der Waals surface area contributed by atoms with Crippen molar-refractivity contribution in [2.75, 3.05) is 37.7 Å². The Labute approximate surface area is 170 Å². The average molecular weight is 391 g/mol. The van der Waals surface area contributed by atoms with E-state index in [1.54, 1.807) is 0 Å². The first-order valence-corrected chi connectivity index (χ1v) is 10.3. The first-order chi connectivity index (χ1) is 14.4. The number of anilines is 1. The first-order valence-electron chi connectivity index (χ1n) is 10.3. The third kappa shape index (κ3) is 4.02. The van der Waals surface area contributed by atoms with E-state index in [0.717, 1.165) is 63.6 Å². The highest BCUT2D eigenvalue weighted by molar-refractivity contribution is 5.56. The van der Waals surface area contributed by atoms with E-state index in [1.807, 2.05) is 24.4 Å². The van der Waals surface area contributed by atoms with E-state index in [9.17, 15) is 0 Å². The topological polar surface area (TPSA) is 67.5 Å². The largest absolute Gasteiger partial charge is 0.378 e.